The van der Waals surface area contributed by atoms with Gasteiger partial charge in [-0.15, -0.1) is 11.3 Å². The average molecular weight is 568 g/mol. The highest BCUT2D eigenvalue weighted by molar-refractivity contribution is 7.18. The van der Waals surface area contributed by atoms with Crippen molar-refractivity contribution in [3.05, 3.63) is 68.8 Å². The van der Waals surface area contributed by atoms with E-state index in [2.05, 4.69) is 11.2 Å². The summed E-state index contributed by atoms with van der Waals surface area (Å²) >= 11 is 14.8. The van der Waals surface area contributed by atoms with Crippen LogP contribution in [0.25, 0.3) is 21.5 Å². The molecular weight excluding hydrogens is 539 g/mol. The molecule has 196 valence electrons. The largest absolute Gasteiger partial charge is 0.382 e. The first-order valence-corrected chi connectivity index (χ1v) is 15.2. The fourth-order valence-electron chi connectivity index (χ4n) is 7.76. The van der Waals surface area contributed by atoms with Gasteiger partial charge in [0.25, 0.3) is 0 Å². The van der Waals surface area contributed by atoms with Crippen LogP contribution in [0, 0.1) is 17.8 Å². The van der Waals surface area contributed by atoms with Crippen LogP contribution in [0.5, 0.6) is 0 Å². The topological polar surface area (TPSA) is 68.4 Å². The zero-order valence-electron chi connectivity index (χ0n) is 20.8. The third kappa shape index (κ3) is 3.57. The van der Waals surface area contributed by atoms with Crippen LogP contribution in [0.15, 0.2) is 47.0 Å². The minimum atomic E-state index is -0.875. The number of ether oxygens (including phenoxy) is 1. The lowest BCUT2D eigenvalue weighted by Gasteiger charge is -2.62. The maximum absolute atomic E-state index is 12.2. The predicted molar refractivity (Wildman–Crippen MR) is 149 cm³/mol. The van der Waals surface area contributed by atoms with E-state index in [0.29, 0.717) is 39.7 Å². The molecule has 4 aromatic rings. The number of hydrogen-bond acceptors (Lipinski definition) is 6. The summed E-state index contributed by atoms with van der Waals surface area (Å²) in [6.07, 6.45) is 7.01. The molecule has 5 aliphatic carbocycles. The molecule has 1 N–H and O–H groups in total. The van der Waals surface area contributed by atoms with Crippen molar-refractivity contribution in [3.8, 4) is 11.3 Å². The number of hydrogen-bond donors (Lipinski definition) is 1. The maximum Gasteiger partial charge on any atom is 0.145 e. The number of aromatic nitrogens is 2. The quantitative estimate of drug-likeness (QED) is 0.255. The Hall–Kier alpha value is -1.96. The van der Waals surface area contributed by atoms with Crippen LogP contribution in [-0.4, -0.2) is 20.8 Å². The van der Waals surface area contributed by atoms with E-state index in [1.54, 1.807) is 11.3 Å². The number of thiazole rings is 1. The van der Waals surface area contributed by atoms with Crippen molar-refractivity contribution in [1.29, 1.82) is 0 Å². The van der Waals surface area contributed by atoms with E-state index in [9.17, 15) is 5.11 Å². The van der Waals surface area contributed by atoms with Gasteiger partial charge in [-0.05, 0) is 87.0 Å². The number of nitrogens with zero attached hydrogens (tertiary/aromatic N) is 2. The minimum Gasteiger partial charge on any atom is -0.382 e. The molecule has 8 heteroatoms. The molecular formula is C30H28Cl2N2O3S. The second-order valence-electron chi connectivity index (χ2n) is 11.9. The molecule has 38 heavy (non-hydrogen) atoms. The Balaban J connectivity index is 1.11. The van der Waals surface area contributed by atoms with Crippen molar-refractivity contribution >= 4 is 44.8 Å². The Morgan fingerprint density at radius 1 is 1.00 bits per heavy atom. The Morgan fingerprint density at radius 2 is 1.74 bits per heavy atom. The fraction of sp³-hybridized carbons (Fsp3) is 0.467. The van der Waals surface area contributed by atoms with Gasteiger partial charge in [-0.25, -0.2) is 4.98 Å². The third-order valence-corrected chi connectivity index (χ3v) is 11.3. The van der Waals surface area contributed by atoms with Gasteiger partial charge in [0.05, 0.1) is 32.5 Å². The fourth-order valence-corrected chi connectivity index (χ4v) is 9.55. The summed E-state index contributed by atoms with van der Waals surface area (Å²) in [5.74, 6) is 2.17. The third-order valence-electron chi connectivity index (χ3n) is 9.50. The molecule has 5 nitrogen and oxygen atoms in total. The average Bonchev–Trinajstić information content (AvgIpc) is 3.50. The van der Waals surface area contributed by atoms with Gasteiger partial charge in [-0.3, -0.25) is 0 Å². The van der Waals surface area contributed by atoms with Crippen molar-refractivity contribution in [2.75, 3.05) is 0 Å². The highest BCUT2D eigenvalue weighted by Gasteiger charge is 2.64. The van der Waals surface area contributed by atoms with Gasteiger partial charge in [-0.2, -0.15) is 0 Å². The predicted octanol–water partition coefficient (Wildman–Crippen LogP) is 8.12. The summed E-state index contributed by atoms with van der Waals surface area (Å²) in [4.78, 5) is 4.92. The van der Waals surface area contributed by atoms with Crippen molar-refractivity contribution in [3.63, 3.8) is 0 Å². The Kier molecular flexibility index (Phi) is 5.35. The van der Waals surface area contributed by atoms with Crippen molar-refractivity contribution in [2.24, 2.45) is 17.8 Å². The molecule has 0 amide bonds. The SMILES string of the molecule is OC1(c2nc3ccccc3s2)C2CC3CC1CC(OCc1c(-c4c(Cl)cccc4Cl)noc1C1CC1)(C3)C2. The van der Waals surface area contributed by atoms with Gasteiger partial charge >= 0.3 is 0 Å². The van der Waals surface area contributed by atoms with E-state index >= 15 is 0 Å². The lowest BCUT2D eigenvalue weighted by atomic mass is 9.48. The normalized spacial score (nSPS) is 31.9. The first-order valence-electron chi connectivity index (χ1n) is 13.6. The molecule has 5 aliphatic rings. The number of rotatable bonds is 6. The molecule has 5 fully saturated rings. The van der Waals surface area contributed by atoms with Crippen LogP contribution in [0.2, 0.25) is 10.0 Å². The standard InChI is InChI=1S/C30H28Cl2N2O3S/c31-21-4-3-5-22(32)25(21)26-20(27(37-34-26)17-8-9-17)15-36-29-12-16-10-18(13-29)30(35,19(11-16)14-29)28-33-23-6-1-2-7-24(23)38-28/h1-7,16-19,35H,8-15H2. The van der Waals surface area contributed by atoms with Gasteiger partial charge in [-0.1, -0.05) is 46.6 Å². The van der Waals surface area contributed by atoms with Gasteiger partial charge in [0.1, 0.15) is 22.1 Å². The van der Waals surface area contributed by atoms with Gasteiger partial charge < -0.3 is 14.4 Å². The highest BCUT2D eigenvalue weighted by atomic mass is 35.5. The van der Waals surface area contributed by atoms with E-state index in [0.717, 1.165) is 71.5 Å². The molecule has 5 saturated carbocycles. The summed E-state index contributed by atoms with van der Waals surface area (Å²) in [5.41, 5.74) is 2.23. The first-order chi connectivity index (χ1) is 18.4. The summed E-state index contributed by atoms with van der Waals surface area (Å²) in [6, 6.07) is 13.7. The number of fused-ring (bicyclic) bond motifs is 1. The Morgan fingerprint density at radius 3 is 2.45 bits per heavy atom. The first kappa shape index (κ1) is 23.9. The molecule has 0 aliphatic heterocycles. The van der Waals surface area contributed by atoms with E-state index in [1.807, 2.05) is 36.4 Å². The zero-order chi connectivity index (χ0) is 25.6. The monoisotopic (exact) mass is 566 g/mol. The van der Waals surface area contributed by atoms with Crippen molar-refractivity contribution in [1.82, 2.24) is 10.1 Å². The lowest BCUT2D eigenvalue weighted by molar-refractivity contribution is -0.250. The molecule has 0 saturated heterocycles. The Bertz CT molecular complexity index is 1490. The summed E-state index contributed by atoms with van der Waals surface area (Å²) in [5, 5.41) is 18.7. The van der Waals surface area contributed by atoms with Crippen LogP contribution in [0.4, 0.5) is 0 Å². The molecule has 2 atom stereocenters. The number of aliphatic hydroxyl groups is 1. The second kappa shape index (κ2) is 8.52. The minimum absolute atomic E-state index is 0.150. The van der Waals surface area contributed by atoms with Gasteiger partial charge in [0, 0.05) is 17.0 Å². The molecule has 2 aromatic heterocycles. The van der Waals surface area contributed by atoms with E-state index in [4.69, 9.17) is 37.4 Å². The molecule has 9 rings (SSSR count). The molecule has 2 aromatic carbocycles. The molecule has 2 unspecified atom stereocenters. The van der Waals surface area contributed by atoms with Crippen molar-refractivity contribution < 1.29 is 14.4 Å². The Labute approximate surface area is 235 Å². The number of para-hydroxylation sites is 1. The van der Waals surface area contributed by atoms with Crippen LogP contribution in [0.3, 0.4) is 0 Å². The molecule has 0 spiro atoms. The number of halogens is 2. The molecule has 2 heterocycles. The van der Waals surface area contributed by atoms with Crippen LogP contribution in [0.1, 0.15) is 67.2 Å². The lowest BCUT2D eigenvalue weighted by Crippen LogP contribution is -2.62. The van der Waals surface area contributed by atoms with Crippen LogP contribution >= 0.6 is 34.5 Å². The smallest absolute Gasteiger partial charge is 0.145 e. The van der Waals surface area contributed by atoms with Crippen molar-refractivity contribution in [2.45, 2.75) is 68.7 Å². The van der Waals surface area contributed by atoms with Gasteiger partial charge in [0.15, 0.2) is 0 Å². The van der Waals surface area contributed by atoms with Crippen LogP contribution < -0.4 is 0 Å². The second-order valence-corrected chi connectivity index (χ2v) is 13.7. The van der Waals surface area contributed by atoms with Gasteiger partial charge in [0.2, 0.25) is 0 Å². The molecule has 4 bridgehead atoms. The number of benzene rings is 2. The van der Waals surface area contributed by atoms with E-state index < -0.39 is 5.60 Å². The summed E-state index contributed by atoms with van der Waals surface area (Å²) < 4.78 is 13.9. The van der Waals surface area contributed by atoms with E-state index in [-0.39, 0.29) is 17.4 Å². The highest BCUT2D eigenvalue weighted by Crippen LogP contribution is 2.65. The summed E-state index contributed by atoms with van der Waals surface area (Å²) in [7, 11) is 0. The zero-order valence-corrected chi connectivity index (χ0v) is 23.2. The summed E-state index contributed by atoms with van der Waals surface area (Å²) in [6.45, 7) is 0.415. The van der Waals surface area contributed by atoms with E-state index in [1.165, 1.54) is 0 Å². The maximum atomic E-state index is 12.2. The molecule has 0 radical (unpaired) electrons. The van der Waals surface area contributed by atoms with Crippen LogP contribution in [-0.2, 0) is 16.9 Å².